The van der Waals surface area contributed by atoms with E-state index in [-0.39, 0.29) is 11.7 Å². The number of benzene rings is 1. The van der Waals surface area contributed by atoms with Crippen molar-refractivity contribution in [3.63, 3.8) is 0 Å². The van der Waals surface area contributed by atoms with Gasteiger partial charge >= 0.3 is 0 Å². The predicted molar refractivity (Wildman–Crippen MR) is 79.6 cm³/mol. The highest BCUT2D eigenvalue weighted by Crippen LogP contribution is 2.16. The molecule has 0 unspecified atom stereocenters. The molecule has 0 saturated heterocycles. The highest BCUT2D eigenvalue weighted by atomic mass is 19.1. The summed E-state index contributed by atoms with van der Waals surface area (Å²) in [6.45, 7) is 0.685. The van der Waals surface area contributed by atoms with Crippen molar-refractivity contribution in [1.82, 2.24) is 9.88 Å². The van der Waals surface area contributed by atoms with Crippen LogP contribution in [0.2, 0.25) is 0 Å². The first-order valence-electron chi connectivity index (χ1n) is 6.74. The molecule has 0 aliphatic carbocycles. The highest BCUT2D eigenvalue weighted by Gasteiger charge is 2.16. The van der Waals surface area contributed by atoms with E-state index in [0.717, 1.165) is 0 Å². The molecule has 0 aliphatic rings. The van der Waals surface area contributed by atoms with E-state index in [1.807, 2.05) is 0 Å². The molecule has 1 aromatic carbocycles. The Labute approximate surface area is 128 Å². The summed E-state index contributed by atoms with van der Waals surface area (Å²) in [7, 11) is 3.14. The molecule has 5 nitrogen and oxygen atoms in total. The number of carbonyl (C=O) groups is 1. The Morgan fingerprint density at radius 2 is 2.00 bits per heavy atom. The second-order valence-corrected chi connectivity index (χ2v) is 4.59. The minimum Gasteiger partial charge on any atom is -0.492 e. The van der Waals surface area contributed by atoms with Crippen LogP contribution in [0.4, 0.5) is 4.39 Å². The van der Waals surface area contributed by atoms with Crippen molar-refractivity contribution in [3.05, 3.63) is 54.0 Å². The zero-order chi connectivity index (χ0) is 15.9. The lowest BCUT2D eigenvalue weighted by Gasteiger charge is -2.18. The molecule has 0 aliphatic heterocycles. The quantitative estimate of drug-likeness (QED) is 0.822. The van der Waals surface area contributed by atoms with Gasteiger partial charge in [-0.05, 0) is 36.4 Å². The number of nitrogens with zero attached hydrogens (tertiary/aromatic N) is 2. The number of likely N-dealkylation sites (N-methyl/N-ethyl adjacent to an activating group) is 1. The maximum absolute atomic E-state index is 12.8. The minimum atomic E-state index is -0.316. The average molecular weight is 304 g/mol. The van der Waals surface area contributed by atoms with Gasteiger partial charge in [0, 0.05) is 13.2 Å². The fraction of sp³-hybridized carbons (Fsp3) is 0.250. The summed E-state index contributed by atoms with van der Waals surface area (Å²) in [4.78, 5) is 17.8. The zero-order valence-corrected chi connectivity index (χ0v) is 12.5. The molecule has 0 radical (unpaired) electrons. The van der Waals surface area contributed by atoms with E-state index in [0.29, 0.717) is 30.3 Å². The maximum Gasteiger partial charge on any atom is 0.259 e. The van der Waals surface area contributed by atoms with Gasteiger partial charge in [0.05, 0.1) is 13.7 Å². The van der Waals surface area contributed by atoms with Crippen molar-refractivity contribution in [1.29, 1.82) is 0 Å². The molecule has 1 heterocycles. The van der Waals surface area contributed by atoms with E-state index in [1.54, 1.807) is 37.5 Å². The Kier molecular flexibility index (Phi) is 5.30. The Morgan fingerprint density at radius 3 is 2.68 bits per heavy atom. The molecule has 0 bridgehead atoms. The maximum atomic E-state index is 12.8. The SMILES string of the molecule is COc1ncccc1C(=O)N(C)CCOc1ccc(F)cc1. The fourth-order valence-corrected chi connectivity index (χ4v) is 1.85. The number of carbonyl (C=O) groups excluding carboxylic acids is 1. The van der Waals surface area contributed by atoms with Crippen LogP contribution in [0.15, 0.2) is 42.6 Å². The smallest absolute Gasteiger partial charge is 0.259 e. The van der Waals surface area contributed by atoms with Crippen LogP contribution in [0, 0.1) is 5.82 Å². The van der Waals surface area contributed by atoms with Crippen molar-refractivity contribution < 1.29 is 18.7 Å². The topological polar surface area (TPSA) is 51.7 Å². The van der Waals surface area contributed by atoms with Gasteiger partial charge in [0.1, 0.15) is 23.7 Å². The van der Waals surface area contributed by atoms with Crippen molar-refractivity contribution in [3.8, 4) is 11.6 Å². The van der Waals surface area contributed by atoms with E-state index in [2.05, 4.69) is 4.98 Å². The van der Waals surface area contributed by atoms with Crippen LogP contribution in [0.1, 0.15) is 10.4 Å². The standard InChI is InChI=1S/C16H17FN2O3/c1-19(10-11-22-13-7-5-12(17)6-8-13)16(20)14-4-3-9-18-15(14)21-2/h3-9H,10-11H2,1-2H3. The molecule has 1 aromatic heterocycles. The Balaban J connectivity index is 1.90. The van der Waals surface area contributed by atoms with E-state index >= 15 is 0 Å². The fourth-order valence-electron chi connectivity index (χ4n) is 1.85. The van der Waals surface area contributed by atoms with E-state index < -0.39 is 0 Å². The van der Waals surface area contributed by atoms with Gasteiger partial charge in [-0.25, -0.2) is 9.37 Å². The molecule has 22 heavy (non-hydrogen) atoms. The third-order valence-electron chi connectivity index (χ3n) is 3.05. The van der Waals surface area contributed by atoms with Crippen molar-refractivity contribution in [2.45, 2.75) is 0 Å². The number of hydrogen-bond donors (Lipinski definition) is 0. The monoisotopic (exact) mass is 304 g/mol. The molecular formula is C16H17FN2O3. The zero-order valence-electron chi connectivity index (χ0n) is 12.5. The van der Waals surface area contributed by atoms with Crippen molar-refractivity contribution in [2.24, 2.45) is 0 Å². The summed E-state index contributed by atoms with van der Waals surface area (Å²) in [5, 5.41) is 0. The molecule has 2 aromatic rings. The summed E-state index contributed by atoms with van der Waals surface area (Å²) in [5.74, 6) is 0.330. The van der Waals surface area contributed by atoms with Gasteiger partial charge in [-0.1, -0.05) is 0 Å². The lowest BCUT2D eigenvalue weighted by atomic mass is 10.2. The van der Waals surface area contributed by atoms with Crippen LogP contribution in [-0.2, 0) is 0 Å². The summed E-state index contributed by atoms with van der Waals surface area (Å²) >= 11 is 0. The molecule has 6 heteroatoms. The Bertz CT molecular complexity index is 632. The average Bonchev–Trinajstić information content (AvgIpc) is 2.55. The van der Waals surface area contributed by atoms with Crippen molar-refractivity contribution >= 4 is 5.91 Å². The molecule has 0 fully saturated rings. The number of aromatic nitrogens is 1. The van der Waals surface area contributed by atoms with Crippen LogP contribution < -0.4 is 9.47 Å². The summed E-state index contributed by atoms with van der Waals surface area (Å²) < 4.78 is 23.3. The number of methoxy groups -OCH3 is 1. The van der Waals surface area contributed by atoms with Crippen LogP contribution >= 0.6 is 0 Å². The normalized spacial score (nSPS) is 10.1. The lowest BCUT2D eigenvalue weighted by molar-refractivity contribution is 0.0769. The van der Waals surface area contributed by atoms with E-state index in [4.69, 9.17) is 9.47 Å². The number of amides is 1. The third kappa shape index (κ3) is 3.94. The van der Waals surface area contributed by atoms with E-state index in [1.165, 1.54) is 24.1 Å². The third-order valence-corrected chi connectivity index (χ3v) is 3.05. The molecule has 0 spiro atoms. The summed E-state index contributed by atoms with van der Waals surface area (Å²) in [6.07, 6.45) is 1.56. The first kappa shape index (κ1) is 15.8. The van der Waals surface area contributed by atoms with Gasteiger partial charge in [-0.15, -0.1) is 0 Å². The van der Waals surface area contributed by atoms with Gasteiger partial charge in [-0.3, -0.25) is 4.79 Å². The number of hydrogen-bond acceptors (Lipinski definition) is 4. The second-order valence-electron chi connectivity index (χ2n) is 4.59. The molecule has 0 N–H and O–H groups in total. The van der Waals surface area contributed by atoms with E-state index in [9.17, 15) is 9.18 Å². The van der Waals surface area contributed by atoms with Gasteiger partial charge in [0.15, 0.2) is 0 Å². The predicted octanol–water partition coefficient (Wildman–Crippen LogP) is 2.38. The highest BCUT2D eigenvalue weighted by molar-refractivity contribution is 5.96. The first-order chi connectivity index (χ1) is 10.6. The van der Waals surface area contributed by atoms with Crippen LogP contribution in [0.3, 0.4) is 0 Å². The largest absolute Gasteiger partial charge is 0.492 e. The van der Waals surface area contributed by atoms with Gasteiger partial charge in [0.2, 0.25) is 5.88 Å². The second kappa shape index (κ2) is 7.40. The van der Waals surface area contributed by atoms with Gasteiger partial charge in [-0.2, -0.15) is 0 Å². The number of pyridine rings is 1. The number of halogens is 1. The minimum absolute atomic E-state index is 0.201. The molecule has 116 valence electrons. The molecule has 1 amide bonds. The molecule has 0 atom stereocenters. The number of ether oxygens (including phenoxy) is 2. The molecular weight excluding hydrogens is 287 g/mol. The van der Waals surface area contributed by atoms with Gasteiger partial charge in [0.25, 0.3) is 5.91 Å². The van der Waals surface area contributed by atoms with Crippen molar-refractivity contribution in [2.75, 3.05) is 27.3 Å². The lowest BCUT2D eigenvalue weighted by Crippen LogP contribution is -2.31. The summed E-state index contributed by atoms with van der Waals surface area (Å²) in [5.41, 5.74) is 0.397. The molecule has 0 saturated carbocycles. The summed E-state index contributed by atoms with van der Waals surface area (Å²) in [6, 6.07) is 9.07. The van der Waals surface area contributed by atoms with Crippen LogP contribution in [-0.4, -0.2) is 43.1 Å². The first-order valence-corrected chi connectivity index (χ1v) is 6.74. The van der Waals surface area contributed by atoms with Gasteiger partial charge < -0.3 is 14.4 Å². The number of rotatable bonds is 6. The van der Waals surface area contributed by atoms with Crippen LogP contribution in [0.25, 0.3) is 0 Å². The Hall–Kier alpha value is -2.63. The van der Waals surface area contributed by atoms with Crippen LogP contribution in [0.5, 0.6) is 11.6 Å². The Morgan fingerprint density at radius 1 is 1.27 bits per heavy atom. The molecule has 2 rings (SSSR count).